The molecule has 3 rings (SSSR count). The second kappa shape index (κ2) is 8.74. The van der Waals surface area contributed by atoms with Crippen molar-refractivity contribution in [2.24, 2.45) is 0 Å². The van der Waals surface area contributed by atoms with Crippen LogP contribution in [0.25, 0.3) is 4.85 Å². The molecule has 0 radical (unpaired) electrons. The molecule has 0 saturated carbocycles. The van der Waals surface area contributed by atoms with Gasteiger partial charge in [-0.3, -0.25) is 0 Å². The summed E-state index contributed by atoms with van der Waals surface area (Å²) in [6.45, 7) is 12.4. The number of hydrogen-bond acceptors (Lipinski definition) is 5. The lowest BCUT2D eigenvalue weighted by Crippen LogP contribution is -2.33. The van der Waals surface area contributed by atoms with Crippen molar-refractivity contribution in [1.29, 1.82) is 0 Å². The van der Waals surface area contributed by atoms with E-state index in [0.29, 0.717) is 10.0 Å². The molecule has 0 saturated heterocycles. The Morgan fingerprint density at radius 2 is 2.00 bits per heavy atom. The number of rotatable bonds is 6. The molecule has 0 aliphatic heterocycles. The largest absolute Gasteiger partial charge is 0.434 e. The molecule has 0 aliphatic rings. The van der Waals surface area contributed by atoms with Crippen LogP contribution in [0, 0.1) is 26.2 Å². The highest BCUT2D eigenvalue weighted by molar-refractivity contribution is 9.10. The molecule has 0 unspecified atom stereocenters. The van der Waals surface area contributed by atoms with E-state index in [1.807, 2.05) is 6.92 Å². The fraction of sp³-hybridized carbons (Fsp3) is 0.250. The lowest BCUT2D eigenvalue weighted by molar-refractivity contribution is 0.377. The Morgan fingerprint density at radius 1 is 1.29 bits per heavy atom. The first kappa shape index (κ1) is 22.9. The molecule has 162 valence electrons. The van der Waals surface area contributed by atoms with Crippen molar-refractivity contribution in [1.82, 2.24) is 14.9 Å². The van der Waals surface area contributed by atoms with Crippen molar-refractivity contribution in [2.75, 3.05) is 0 Å². The first-order valence-corrected chi connectivity index (χ1v) is 11.3. The Morgan fingerprint density at radius 3 is 2.61 bits per heavy atom. The fourth-order valence-corrected chi connectivity index (χ4v) is 5.05. The standard InChI is InChI=1S/C20H18BrFN4O4S/c1-10-5-7-14(22)17(11(10)2)12(3)18(19-24-25-20(27)30-19)26-31(28,29)16-8-6-13(21)9-15(16)23-4/h5-9,12,18,26H,1-3H3,(H,25,27)/t12-,18+/m1/s1. The van der Waals surface area contributed by atoms with Gasteiger partial charge in [0.25, 0.3) is 0 Å². The topological polar surface area (TPSA) is 109 Å². The highest BCUT2D eigenvalue weighted by atomic mass is 79.9. The number of aromatic amines is 1. The van der Waals surface area contributed by atoms with Crippen LogP contribution in [-0.4, -0.2) is 18.6 Å². The molecule has 1 aromatic heterocycles. The third-order valence-corrected chi connectivity index (χ3v) is 7.00. The van der Waals surface area contributed by atoms with Gasteiger partial charge in [-0.2, -0.15) is 4.72 Å². The minimum atomic E-state index is -4.27. The molecular formula is C20H18BrFN4O4S. The molecule has 11 heteroatoms. The van der Waals surface area contributed by atoms with Crippen LogP contribution in [0.15, 0.2) is 48.9 Å². The van der Waals surface area contributed by atoms with Crippen molar-refractivity contribution in [3.63, 3.8) is 0 Å². The molecular weight excluding hydrogens is 491 g/mol. The molecule has 2 aromatic carbocycles. The van der Waals surface area contributed by atoms with E-state index in [0.717, 1.165) is 5.56 Å². The van der Waals surface area contributed by atoms with E-state index in [1.54, 1.807) is 19.9 Å². The van der Waals surface area contributed by atoms with Crippen LogP contribution in [-0.2, 0) is 10.0 Å². The zero-order valence-electron chi connectivity index (χ0n) is 16.7. The van der Waals surface area contributed by atoms with Gasteiger partial charge in [-0.05, 0) is 48.7 Å². The van der Waals surface area contributed by atoms with Gasteiger partial charge >= 0.3 is 5.76 Å². The van der Waals surface area contributed by atoms with Crippen LogP contribution in [0.2, 0.25) is 0 Å². The molecule has 0 fully saturated rings. The number of H-pyrrole nitrogens is 1. The second-order valence-electron chi connectivity index (χ2n) is 6.97. The number of hydrogen-bond donors (Lipinski definition) is 2. The summed E-state index contributed by atoms with van der Waals surface area (Å²) in [4.78, 5) is 14.5. The zero-order valence-corrected chi connectivity index (χ0v) is 19.1. The predicted molar refractivity (Wildman–Crippen MR) is 115 cm³/mol. The van der Waals surface area contributed by atoms with Crippen molar-refractivity contribution in [2.45, 2.75) is 37.6 Å². The first-order chi connectivity index (χ1) is 14.5. The Bertz CT molecular complexity index is 1340. The number of aromatic nitrogens is 2. The van der Waals surface area contributed by atoms with Gasteiger partial charge < -0.3 is 4.42 Å². The van der Waals surface area contributed by atoms with Crippen LogP contribution < -0.4 is 10.5 Å². The molecule has 3 aromatic rings. The van der Waals surface area contributed by atoms with E-state index in [4.69, 9.17) is 11.0 Å². The maximum absolute atomic E-state index is 14.7. The smallest absolute Gasteiger partial charge is 0.391 e. The van der Waals surface area contributed by atoms with Crippen molar-refractivity contribution in [3.05, 3.63) is 85.2 Å². The maximum atomic E-state index is 14.7. The summed E-state index contributed by atoms with van der Waals surface area (Å²) in [5, 5.41) is 5.85. The van der Waals surface area contributed by atoms with Crippen LogP contribution in [0.1, 0.15) is 41.5 Å². The summed E-state index contributed by atoms with van der Waals surface area (Å²) in [7, 11) is -4.27. The number of aryl methyl sites for hydroxylation is 1. The third-order valence-electron chi connectivity index (χ3n) is 5.02. The summed E-state index contributed by atoms with van der Waals surface area (Å²) in [6, 6.07) is 5.84. The van der Waals surface area contributed by atoms with Gasteiger partial charge in [-0.25, -0.2) is 27.5 Å². The monoisotopic (exact) mass is 508 g/mol. The summed E-state index contributed by atoms with van der Waals surface area (Å²) in [6.07, 6.45) is 0. The molecule has 0 amide bonds. The van der Waals surface area contributed by atoms with Crippen molar-refractivity contribution < 1.29 is 17.2 Å². The summed E-state index contributed by atoms with van der Waals surface area (Å²) >= 11 is 3.21. The van der Waals surface area contributed by atoms with Crippen LogP contribution in [0.4, 0.5) is 10.1 Å². The normalized spacial score (nSPS) is 13.5. The number of benzene rings is 2. The first-order valence-electron chi connectivity index (χ1n) is 9.05. The van der Waals surface area contributed by atoms with Gasteiger partial charge in [0, 0.05) is 10.4 Å². The van der Waals surface area contributed by atoms with Crippen LogP contribution >= 0.6 is 15.9 Å². The van der Waals surface area contributed by atoms with Gasteiger partial charge in [0.05, 0.1) is 11.5 Å². The molecule has 2 atom stereocenters. The average Bonchev–Trinajstić information content (AvgIpc) is 3.14. The molecule has 0 bridgehead atoms. The predicted octanol–water partition coefficient (Wildman–Crippen LogP) is 4.26. The maximum Gasteiger partial charge on any atom is 0.434 e. The van der Waals surface area contributed by atoms with Crippen molar-refractivity contribution in [3.8, 4) is 0 Å². The van der Waals surface area contributed by atoms with Crippen LogP contribution in [0.5, 0.6) is 0 Å². The Kier molecular flexibility index (Phi) is 6.45. The van der Waals surface area contributed by atoms with Gasteiger partial charge in [0.15, 0.2) is 0 Å². The van der Waals surface area contributed by atoms with E-state index in [9.17, 15) is 17.6 Å². The van der Waals surface area contributed by atoms with Gasteiger partial charge in [-0.1, -0.05) is 35.0 Å². The number of halogens is 2. The molecule has 2 N–H and O–H groups in total. The minimum absolute atomic E-state index is 0.102. The van der Waals surface area contributed by atoms with E-state index in [-0.39, 0.29) is 22.0 Å². The summed E-state index contributed by atoms with van der Waals surface area (Å²) < 4.78 is 49.1. The number of nitrogens with one attached hydrogen (secondary N) is 2. The molecule has 1 heterocycles. The quantitative estimate of drug-likeness (QED) is 0.483. The second-order valence-corrected chi connectivity index (χ2v) is 9.56. The Balaban J connectivity index is 2.13. The Hall–Kier alpha value is -2.81. The van der Waals surface area contributed by atoms with E-state index in [1.165, 1.54) is 24.3 Å². The molecule has 0 spiro atoms. The van der Waals surface area contributed by atoms with Gasteiger partial charge in [0.2, 0.25) is 21.6 Å². The highest BCUT2D eigenvalue weighted by Crippen LogP contribution is 2.36. The lowest BCUT2D eigenvalue weighted by atomic mass is 9.88. The Labute approximate surface area is 186 Å². The SMILES string of the molecule is [C-]#[N+]c1cc(Br)ccc1S(=O)(=O)N[C@H](c1n[nH]c(=O)o1)[C@H](C)c1c(F)ccc(C)c1C. The summed E-state index contributed by atoms with van der Waals surface area (Å²) in [5.74, 6) is -2.45. The van der Waals surface area contributed by atoms with Crippen LogP contribution in [0.3, 0.4) is 0 Å². The number of sulfonamides is 1. The molecule has 8 nitrogen and oxygen atoms in total. The van der Waals surface area contributed by atoms with Crippen molar-refractivity contribution >= 4 is 31.6 Å². The van der Waals surface area contributed by atoms with Gasteiger partial charge in [0.1, 0.15) is 11.9 Å². The van der Waals surface area contributed by atoms with E-state index >= 15 is 0 Å². The molecule has 0 aliphatic carbocycles. The molecule has 31 heavy (non-hydrogen) atoms. The van der Waals surface area contributed by atoms with E-state index in [2.05, 4.69) is 35.7 Å². The fourth-order valence-electron chi connectivity index (χ4n) is 3.31. The zero-order chi connectivity index (χ0) is 22.9. The highest BCUT2D eigenvalue weighted by Gasteiger charge is 2.34. The van der Waals surface area contributed by atoms with Gasteiger partial charge in [-0.15, -0.1) is 5.10 Å². The minimum Gasteiger partial charge on any atom is -0.391 e. The average molecular weight is 509 g/mol. The lowest BCUT2D eigenvalue weighted by Gasteiger charge is -2.25. The number of nitrogens with zero attached hydrogens (tertiary/aromatic N) is 2. The third kappa shape index (κ3) is 4.61. The summed E-state index contributed by atoms with van der Waals surface area (Å²) in [5.41, 5.74) is 1.62. The van der Waals surface area contributed by atoms with E-state index < -0.39 is 33.6 Å².